The Hall–Kier alpha value is -0.890. The second-order valence-electron chi connectivity index (χ2n) is 4.23. The third-order valence-corrected chi connectivity index (χ3v) is 3.13. The molecule has 0 spiro atoms. The van der Waals surface area contributed by atoms with E-state index in [2.05, 4.69) is 0 Å². The summed E-state index contributed by atoms with van der Waals surface area (Å²) in [6.07, 6.45) is 3.22. The number of benzene rings is 1. The number of hydrogen-bond donors (Lipinski definition) is 1. The van der Waals surface area contributed by atoms with E-state index in [-0.39, 0.29) is 5.82 Å². The fraction of sp³-hybridized carbons (Fsp3) is 0.500. The van der Waals surface area contributed by atoms with Gasteiger partial charge in [-0.05, 0) is 49.3 Å². The van der Waals surface area contributed by atoms with E-state index in [1.807, 2.05) is 12.1 Å². The molecular formula is C12H16FN. The maximum Gasteiger partial charge on any atom is 0.126 e. The zero-order valence-corrected chi connectivity index (χ0v) is 8.25. The standard InChI is InChI=1S/C12H16FN/c13-12-4-2-1-3-11(12)7-9-5-10(6-9)8-14/h1-4,9-10H,5-8,14H2. The number of halogens is 1. The Balaban J connectivity index is 1.90. The van der Waals surface area contributed by atoms with Gasteiger partial charge in [0.05, 0.1) is 0 Å². The maximum absolute atomic E-state index is 13.3. The Morgan fingerprint density at radius 3 is 2.57 bits per heavy atom. The lowest BCUT2D eigenvalue weighted by Crippen LogP contribution is -2.31. The van der Waals surface area contributed by atoms with Crippen molar-refractivity contribution in [1.82, 2.24) is 0 Å². The van der Waals surface area contributed by atoms with Crippen molar-refractivity contribution in [3.8, 4) is 0 Å². The molecule has 0 radical (unpaired) electrons. The van der Waals surface area contributed by atoms with Gasteiger partial charge >= 0.3 is 0 Å². The van der Waals surface area contributed by atoms with Gasteiger partial charge in [-0.3, -0.25) is 0 Å². The first-order valence-electron chi connectivity index (χ1n) is 5.23. The monoisotopic (exact) mass is 193 g/mol. The lowest BCUT2D eigenvalue weighted by Gasteiger charge is -2.34. The van der Waals surface area contributed by atoms with Crippen LogP contribution in [0.2, 0.25) is 0 Å². The van der Waals surface area contributed by atoms with Crippen molar-refractivity contribution in [2.45, 2.75) is 19.3 Å². The average Bonchev–Trinajstić information content (AvgIpc) is 2.13. The lowest BCUT2D eigenvalue weighted by atomic mass is 9.72. The highest BCUT2D eigenvalue weighted by molar-refractivity contribution is 5.18. The van der Waals surface area contributed by atoms with E-state index in [0.29, 0.717) is 11.8 Å². The summed E-state index contributed by atoms with van der Waals surface area (Å²) < 4.78 is 13.3. The quantitative estimate of drug-likeness (QED) is 0.783. The first-order valence-corrected chi connectivity index (χ1v) is 5.23. The van der Waals surface area contributed by atoms with Crippen molar-refractivity contribution in [2.24, 2.45) is 17.6 Å². The van der Waals surface area contributed by atoms with Crippen LogP contribution >= 0.6 is 0 Å². The normalized spacial score (nSPS) is 25.9. The van der Waals surface area contributed by atoms with Crippen LogP contribution in [0.3, 0.4) is 0 Å². The SMILES string of the molecule is NCC1CC(Cc2ccccc2F)C1. The average molecular weight is 193 g/mol. The van der Waals surface area contributed by atoms with Crippen LogP contribution in [0.25, 0.3) is 0 Å². The number of rotatable bonds is 3. The Bertz CT molecular complexity index is 305. The summed E-state index contributed by atoms with van der Waals surface area (Å²) in [4.78, 5) is 0. The molecule has 0 aromatic heterocycles. The fourth-order valence-corrected chi connectivity index (χ4v) is 2.21. The molecule has 2 N–H and O–H groups in total. The van der Waals surface area contributed by atoms with Gasteiger partial charge < -0.3 is 5.73 Å². The second-order valence-corrected chi connectivity index (χ2v) is 4.23. The summed E-state index contributed by atoms with van der Waals surface area (Å²) in [5.74, 6) is 1.27. The number of hydrogen-bond acceptors (Lipinski definition) is 1. The fourth-order valence-electron chi connectivity index (χ4n) is 2.21. The zero-order valence-electron chi connectivity index (χ0n) is 8.25. The molecule has 0 bridgehead atoms. The molecule has 14 heavy (non-hydrogen) atoms. The van der Waals surface area contributed by atoms with Gasteiger partial charge in [0.15, 0.2) is 0 Å². The molecular weight excluding hydrogens is 177 g/mol. The Labute approximate surface area is 84.1 Å². The van der Waals surface area contributed by atoms with Gasteiger partial charge in [-0.2, -0.15) is 0 Å². The molecule has 0 atom stereocenters. The van der Waals surface area contributed by atoms with Crippen LogP contribution in [0.15, 0.2) is 24.3 Å². The van der Waals surface area contributed by atoms with E-state index in [1.165, 1.54) is 18.9 Å². The highest BCUT2D eigenvalue weighted by atomic mass is 19.1. The third-order valence-electron chi connectivity index (χ3n) is 3.13. The summed E-state index contributed by atoms with van der Waals surface area (Å²) >= 11 is 0. The van der Waals surface area contributed by atoms with Crippen LogP contribution in [0.5, 0.6) is 0 Å². The zero-order chi connectivity index (χ0) is 9.97. The lowest BCUT2D eigenvalue weighted by molar-refractivity contribution is 0.198. The largest absolute Gasteiger partial charge is 0.330 e. The van der Waals surface area contributed by atoms with Crippen LogP contribution in [-0.4, -0.2) is 6.54 Å². The molecule has 2 heteroatoms. The highest BCUT2D eigenvalue weighted by Crippen LogP contribution is 2.35. The third kappa shape index (κ3) is 1.95. The molecule has 76 valence electrons. The van der Waals surface area contributed by atoms with E-state index in [1.54, 1.807) is 6.07 Å². The molecule has 1 saturated carbocycles. The maximum atomic E-state index is 13.3. The van der Waals surface area contributed by atoms with Gasteiger partial charge in [0, 0.05) is 0 Å². The Morgan fingerprint density at radius 2 is 1.93 bits per heavy atom. The predicted octanol–water partition coefficient (Wildman–Crippen LogP) is 2.35. The van der Waals surface area contributed by atoms with Crippen molar-refractivity contribution in [3.05, 3.63) is 35.6 Å². The van der Waals surface area contributed by atoms with E-state index in [0.717, 1.165) is 18.5 Å². The first-order chi connectivity index (χ1) is 6.79. The molecule has 1 fully saturated rings. The molecule has 1 nitrogen and oxygen atoms in total. The predicted molar refractivity (Wildman–Crippen MR) is 55.4 cm³/mol. The number of nitrogens with two attached hydrogens (primary N) is 1. The summed E-state index contributed by atoms with van der Waals surface area (Å²) in [7, 11) is 0. The molecule has 1 aromatic rings. The van der Waals surface area contributed by atoms with Gasteiger partial charge in [0.25, 0.3) is 0 Å². The molecule has 0 saturated heterocycles. The van der Waals surface area contributed by atoms with Crippen molar-refractivity contribution >= 4 is 0 Å². The van der Waals surface area contributed by atoms with E-state index < -0.39 is 0 Å². The minimum atomic E-state index is -0.0660. The van der Waals surface area contributed by atoms with Gasteiger partial charge in [0.2, 0.25) is 0 Å². The summed E-state index contributed by atoms with van der Waals surface area (Å²) in [5.41, 5.74) is 6.40. The van der Waals surface area contributed by atoms with Gasteiger partial charge in [-0.1, -0.05) is 18.2 Å². The van der Waals surface area contributed by atoms with Crippen LogP contribution in [-0.2, 0) is 6.42 Å². The molecule has 1 aliphatic carbocycles. The first kappa shape index (κ1) is 9.66. The highest BCUT2D eigenvalue weighted by Gasteiger charge is 2.28. The van der Waals surface area contributed by atoms with Crippen molar-refractivity contribution in [3.63, 3.8) is 0 Å². The Morgan fingerprint density at radius 1 is 1.21 bits per heavy atom. The topological polar surface area (TPSA) is 26.0 Å². The van der Waals surface area contributed by atoms with Crippen LogP contribution < -0.4 is 5.73 Å². The van der Waals surface area contributed by atoms with Crippen LogP contribution in [0.4, 0.5) is 4.39 Å². The van der Waals surface area contributed by atoms with Crippen LogP contribution in [0, 0.1) is 17.7 Å². The molecule has 2 rings (SSSR count). The summed E-state index contributed by atoms with van der Waals surface area (Å²) in [6, 6.07) is 7.05. The van der Waals surface area contributed by atoms with E-state index in [9.17, 15) is 4.39 Å². The molecule has 1 aliphatic rings. The molecule has 0 aliphatic heterocycles. The van der Waals surface area contributed by atoms with Crippen molar-refractivity contribution in [1.29, 1.82) is 0 Å². The second kappa shape index (κ2) is 4.09. The van der Waals surface area contributed by atoms with Gasteiger partial charge in [0.1, 0.15) is 5.82 Å². The van der Waals surface area contributed by atoms with Crippen molar-refractivity contribution < 1.29 is 4.39 Å². The van der Waals surface area contributed by atoms with Gasteiger partial charge in [-0.15, -0.1) is 0 Å². The van der Waals surface area contributed by atoms with Crippen LogP contribution in [0.1, 0.15) is 18.4 Å². The summed E-state index contributed by atoms with van der Waals surface area (Å²) in [6.45, 7) is 0.785. The molecule has 0 unspecified atom stereocenters. The molecule has 0 amide bonds. The van der Waals surface area contributed by atoms with E-state index >= 15 is 0 Å². The molecule has 1 aromatic carbocycles. The minimum Gasteiger partial charge on any atom is -0.330 e. The molecule has 0 heterocycles. The smallest absolute Gasteiger partial charge is 0.126 e. The van der Waals surface area contributed by atoms with Crippen molar-refractivity contribution in [2.75, 3.05) is 6.54 Å². The summed E-state index contributed by atoms with van der Waals surface area (Å²) in [5, 5.41) is 0. The minimum absolute atomic E-state index is 0.0660. The Kier molecular flexibility index (Phi) is 2.82. The van der Waals surface area contributed by atoms with E-state index in [4.69, 9.17) is 5.73 Å². The van der Waals surface area contributed by atoms with Gasteiger partial charge in [-0.25, -0.2) is 4.39 Å².